The molecule has 2 aromatic carbocycles. The fourth-order valence-electron chi connectivity index (χ4n) is 3.32. The fraction of sp³-hybridized carbons (Fsp3) is 0.0800. The number of nitrogens with one attached hydrogen (secondary N) is 2. The van der Waals surface area contributed by atoms with Crippen molar-refractivity contribution in [1.29, 1.82) is 0 Å². The van der Waals surface area contributed by atoms with E-state index < -0.39 is 0 Å². The van der Waals surface area contributed by atoms with Crippen LogP contribution in [0.5, 0.6) is 5.75 Å². The molecule has 0 aliphatic rings. The molecular weight excluding hydrogens is 433 g/mol. The fourth-order valence-corrected chi connectivity index (χ4v) is 3.32. The van der Waals surface area contributed by atoms with Gasteiger partial charge in [0, 0.05) is 41.5 Å². The van der Waals surface area contributed by atoms with E-state index in [1.165, 1.54) is 19.2 Å². The minimum absolute atomic E-state index is 0.360. The van der Waals surface area contributed by atoms with Crippen molar-refractivity contribution < 1.29 is 9.13 Å². The first kappa shape index (κ1) is 21.0. The molecule has 0 amide bonds. The number of anilines is 1. The summed E-state index contributed by atoms with van der Waals surface area (Å²) in [5.41, 5.74) is 3.72. The predicted octanol–water partition coefficient (Wildman–Crippen LogP) is 3.97. The van der Waals surface area contributed by atoms with Crippen molar-refractivity contribution >= 4 is 16.9 Å². The van der Waals surface area contributed by atoms with E-state index in [1.807, 2.05) is 18.2 Å². The molecule has 0 atom stereocenters. The van der Waals surface area contributed by atoms with Gasteiger partial charge in [-0.1, -0.05) is 12.0 Å². The van der Waals surface area contributed by atoms with E-state index >= 15 is 0 Å². The Morgan fingerprint density at radius 3 is 2.82 bits per heavy atom. The van der Waals surface area contributed by atoms with Gasteiger partial charge in [-0.3, -0.25) is 5.10 Å². The van der Waals surface area contributed by atoms with Gasteiger partial charge in [0.05, 0.1) is 18.8 Å². The van der Waals surface area contributed by atoms with Gasteiger partial charge in [-0.15, -0.1) is 0 Å². The van der Waals surface area contributed by atoms with E-state index in [-0.39, 0.29) is 5.82 Å². The Labute approximate surface area is 194 Å². The third-order valence-electron chi connectivity index (χ3n) is 5.00. The maximum absolute atomic E-state index is 13.4. The average Bonchev–Trinajstić information content (AvgIpc) is 3.35. The quantitative estimate of drug-likeness (QED) is 0.390. The molecule has 0 bridgehead atoms. The second kappa shape index (κ2) is 9.34. The highest BCUT2D eigenvalue weighted by Gasteiger charge is 2.08. The molecule has 3 heterocycles. The monoisotopic (exact) mass is 451 g/mol. The summed E-state index contributed by atoms with van der Waals surface area (Å²) in [6.07, 6.45) is 5.02. The summed E-state index contributed by atoms with van der Waals surface area (Å²) < 4.78 is 18.7. The van der Waals surface area contributed by atoms with Gasteiger partial charge in [0.2, 0.25) is 5.95 Å². The van der Waals surface area contributed by atoms with Crippen LogP contribution in [0, 0.1) is 17.7 Å². The highest BCUT2D eigenvalue weighted by molar-refractivity contribution is 5.79. The second-order valence-electron chi connectivity index (χ2n) is 7.26. The summed E-state index contributed by atoms with van der Waals surface area (Å²) >= 11 is 0. The lowest BCUT2D eigenvalue weighted by molar-refractivity contribution is 0.406. The Balaban J connectivity index is 1.34. The Hall–Kier alpha value is -4.84. The number of hydrogen-bond acceptors (Lipinski definition) is 7. The number of nitrogens with zero attached hydrogens (tertiary/aromatic N) is 5. The minimum Gasteiger partial charge on any atom is -0.496 e. The zero-order valence-corrected chi connectivity index (χ0v) is 18.1. The van der Waals surface area contributed by atoms with E-state index in [0.717, 1.165) is 22.0 Å². The van der Waals surface area contributed by atoms with Crippen LogP contribution in [0.1, 0.15) is 16.8 Å². The van der Waals surface area contributed by atoms with Crippen LogP contribution in [-0.2, 0) is 6.54 Å². The zero-order chi connectivity index (χ0) is 23.3. The molecule has 3 aromatic heterocycles. The van der Waals surface area contributed by atoms with E-state index in [1.54, 1.807) is 36.8 Å². The predicted molar refractivity (Wildman–Crippen MR) is 125 cm³/mol. The number of hydrogen-bond donors (Lipinski definition) is 2. The maximum Gasteiger partial charge on any atom is 0.223 e. The third-order valence-corrected chi connectivity index (χ3v) is 5.00. The first-order valence-corrected chi connectivity index (χ1v) is 10.4. The van der Waals surface area contributed by atoms with Gasteiger partial charge in [0.1, 0.15) is 23.0 Å². The van der Waals surface area contributed by atoms with Gasteiger partial charge >= 0.3 is 0 Å². The lowest BCUT2D eigenvalue weighted by Gasteiger charge is -2.10. The minimum atomic E-state index is -0.360. The number of H-pyrrole nitrogens is 1. The number of fused-ring (bicyclic) bond motifs is 1. The molecule has 0 aliphatic carbocycles. The molecule has 9 heteroatoms. The Kier molecular flexibility index (Phi) is 5.78. The molecule has 8 nitrogen and oxygen atoms in total. The van der Waals surface area contributed by atoms with Crippen LogP contribution >= 0.6 is 0 Å². The number of ether oxygens (including phenoxy) is 1. The van der Waals surface area contributed by atoms with Crippen molar-refractivity contribution in [3.8, 4) is 29.1 Å². The Bertz CT molecular complexity index is 1540. The second-order valence-corrected chi connectivity index (χ2v) is 7.26. The SMILES string of the molecule is COc1cc(F)ccc1CNc1nccc(-c2nccc(C#Cc3ccc4[nH]ncc4c3)n2)n1. The topological polar surface area (TPSA) is 102 Å². The van der Waals surface area contributed by atoms with E-state index in [2.05, 4.69) is 47.3 Å². The molecule has 166 valence electrons. The van der Waals surface area contributed by atoms with Crippen molar-refractivity contribution in [2.45, 2.75) is 6.54 Å². The first-order chi connectivity index (χ1) is 16.7. The Morgan fingerprint density at radius 1 is 1.00 bits per heavy atom. The summed E-state index contributed by atoms with van der Waals surface area (Å²) in [5, 5.41) is 11.1. The molecule has 0 unspecified atom stereocenters. The molecular formula is C25H18FN7O. The molecule has 5 rings (SSSR count). The van der Waals surface area contributed by atoms with Crippen LogP contribution in [0.15, 0.2) is 67.1 Å². The van der Waals surface area contributed by atoms with Crippen LogP contribution in [0.3, 0.4) is 0 Å². The number of aromatic nitrogens is 6. The number of methoxy groups -OCH3 is 1. The van der Waals surface area contributed by atoms with Crippen LogP contribution in [-0.4, -0.2) is 37.2 Å². The van der Waals surface area contributed by atoms with Crippen molar-refractivity contribution in [3.05, 3.63) is 89.8 Å². The Morgan fingerprint density at radius 2 is 1.91 bits per heavy atom. The van der Waals surface area contributed by atoms with Crippen LogP contribution < -0.4 is 10.1 Å². The maximum atomic E-state index is 13.4. The standard InChI is InChI=1S/C25H18FN7O/c1-34-23-13-19(26)5-4-17(23)14-29-25-28-11-9-22(32-25)24-27-10-8-20(31-24)6-2-16-3-7-21-18(12-16)15-30-33-21/h3-5,7-13,15H,14H2,1H3,(H,30,33)(H,28,29,32). The normalized spacial score (nSPS) is 10.5. The molecule has 5 aromatic rings. The van der Waals surface area contributed by atoms with Crippen LogP contribution in [0.2, 0.25) is 0 Å². The number of rotatable bonds is 5. The lowest BCUT2D eigenvalue weighted by Crippen LogP contribution is -2.06. The van der Waals surface area contributed by atoms with Crippen molar-refractivity contribution in [2.75, 3.05) is 12.4 Å². The van der Waals surface area contributed by atoms with Crippen molar-refractivity contribution in [3.63, 3.8) is 0 Å². The molecule has 0 radical (unpaired) electrons. The summed E-state index contributed by atoms with van der Waals surface area (Å²) in [4.78, 5) is 17.6. The molecule has 0 aliphatic heterocycles. The lowest BCUT2D eigenvalue weighted by atomic mass is 10.1. The molecule has 0 fully saturated rings. The van der Waals surface area contributed by atoms with Crippen molar-refractivity contribution in [2.24, 2.45) is 0 Å². The van der Waals surface area contributed by atoms with Gasteiger partial charge in [0.25, 0.3) is 0 Å². The summed E-state index contributed by atoms with van der Waals surface area (Å²) in [6.45, 7) is 0.361. The highest BCUT2D eigenvalue weighted by Crippen LogP contribution is 2.21. The average molecular weight is 451 g/mol. The van der Waals surface area contributed by atoms with Crippen molar-refractivity contribution in [1.82, 2.24) is 30.1 Å². The van der Waals surface area contributed by atoms with Crippen LogP contribution in [0.4, 0.5) is 10.3 Å². The van der Waals surface area contributed by atoms with Crippen LogP contribution in [0.25, 0.3) is 22.4 Å². The molecule has 0 saturated heterocycles. The summed E-state index contributed by atoms with van der Waals surface area (Å²) in [7, 11) is 1.50. The summed E-state index contributed by atoms with van der Waals surface area (Å²) in [5.74, 6) is 7.10. The van der Waals surface area contributed by atoms with Gasteiger partial charge in [-0.2, -0.15) is 5.10 Å². The van der Waals surface area contributed by atoms with Gasteiger partial charge in [0.15, 0.2) is 5.82 Å². The van der Waals surface area contributed by atoms with Gasteiger partial charge < -0.3 is 10.1 Å². The van der Waals surface area contributed by atoms with Gasteiger partial charge in [-0.25, -0.2) is 24.3 Å². The number of benzene rings is 2. The largest absolute Gasteiger partial charge is 0.496 e. The molecule has 34 heavy (non-hydrogen) atoms. The highest BCUT2D eigenvalue weighted by atomic mass is 19.1. The first-order valence-electron chi connectivity index (χ1n) is 10.4. The van der Waals surface area contributed by atoms with Gasteiger partial charge in [-0.05, 0) is 42.3 Å². The molecule has 2 N–H and O–H groups in total. The van der Waals surface area contributed by atoms with E-state index in [4.69, 9.17) is 4.74 Å². The molecule has 0 spiro atoms. The smallest absolute Gasteiger partial charge is 0.223 e. The number of aromatic amines is 1. The number of halogens is 1. The molecule has 0 saturated carbocycles. The van der Waals surface area contributed by atoms with E-state index in [0.29, 0.717) is 35.5 Å². The zero-order valence-electron chi connectivity index (χ0n) is 18.1. The third kappa shape index (κ3) is 4.66. The van der Waals surface area contributed by atoms with E-state index in [9.17, 15) is 4.39 Å². The summed E-state index contributed by atoms with van der Waals surface area (Å²) in [6, 6.07) is 13.7.